The van der Waals surface area contributed by atoms with Crippen LogP contribution in [0.1, 0.15) is 45.6 Å². The van der Waals surface area contributed by atoms with E-state index in [0.29, 0.717) is 13.1 Å². The van der Waals surface area contributed by atoms with E-state index >= 15 is 0 Å². The van der Waals surface area contributed by atoms with Crippen molar-refractivity contribution in [3.05, 3.63) is 59.9 Å². The van der Waals surface area contributed by atoms with E-state index in [1.54, 1.807) is 12.1 Å². The highest BCUT2D eigenvalue weighted by molar-refractivity contribution is 5.79. The molecule has 3 aromatic rings. The van der Waals surface area contributed by atoms with Crippen molar-refractivity contribution < 1.29 is 13.9 Å². The number of carbonyl (C=O) groups is 1. The summed E-state index contributed by atoms with van der Waals surface area (Å²) in [5, 5.41) is 2.93. The van der Waals surface area contributed by atoms with Gasteiger partial charge in [0.15, 0.2) is 0 Å². The molecule has 1 aromatic heterocycles. The number of alkyl carbamates (subject to hydrolysis) is 1. The second-order valence-electron chi connectivity index (χ2n) is 9.34. The second kappa shape index (κ2) is 9.18. The van der Waals surface area contributed by atoms with E-state index in [9.17, 15) is 9.18 Å². The summed E-state index contributed by atoms with van der Waals surface area (Å²) >= 11 is 0. The van der Waals surface area contributed by atoms with E-state index in [1.807, 2.05) is 51.1 Å². The number of aromatic nitrogens is 2. The Morgan fingerprint density at radius 1 is 1.19 bits per heavy atom. The van der Waals surface area contributed by atoms with Crippen LogP contribution in [0, 0.1) is 5.82 Å². The van der Waals surface area contributed by atoms with Gasteiger partial charge in [0.25, 0.3) is 0 Å². The van der Waals surface area contributed by atoms with Gasteiger partial charge < -0.3 is 19.5 Å². The predicted molar refractivity (Wildman–Crippen MR) is 124 cm³/mol. The van der Waals surface area contributed by atoms with Crippen LogP contribution in [0.15, 0.2) is 48.5 Å². The van der Waals surface area contributed by atoms with Crippen molar-refractivity contribution >= 4 is 23.1 Å². The Morgan fingerprint density at radius 3 is 2.78 bits per heavy atom. The van der Waals surface area contributed by atoms with Crippen LogP contribution in [0.2, 0.25) is 0 Å². The number of nitrogens with zero attached hydrogens (tertiary/aromatic N) is 3. The number of anilines is 1. The molecule has 0 aliphatic carbocycles. The number of nitrogens with one attached hydrogen (secondary N) is 1. The lowest BCUT2D eigenvalue weighted by Crippen LogP contribution is -2.48. The number of fused-ring (bicyclic) bond motifs is 1. The molecule has 170 valence electrons. The van der Waals surface area contributed by atoms with E-state index < -0.39 is 11.7 Å². The Morgan fingerprint density at radius 2 is 2.00 bits per heavy atom. The van der Waals surface area contributed by atoms with E-state index in [-0.39, 0.29) is 11.9 Å². The minimum atomic E-state index is -0.532. The maximum Gasteiger partial charge on any atom is 0.407 e. The van der Waals surface area contributed by atoms with Gasteiger partial charge in [-0.3, -0.25) is 0 Å². The van der Waals surface area contributed by atoms with Crippen LogP contribution in [-0.2, 0) is 11.3 Å². The van der Waals surface area contributed by atoms with E-state index in [1.165, 1.54) is 6.07 Å². The number of para-hydroxylation sites is 2. The molecule has 7 heteroatoms. The lowest BCUT2D eigenvalue weighted by Gasteiger charge is -2.37. The summed E-state index contributed by atoms with van der Waals surface area (Å²) in [6.45, 7) is 7.43. The number of hydrogen-bond donors (Lipinski definition) is 1. The summed E-state index contributed by atoms with van der Waals surface area (Å²) in [6, 6.07) is 14.8. The molecule has 6 nitrogen and oxygen atoms in total. The lowest BCUT2D eigenvalue weighted by molar-refractivity contribution is 0.0522. The fraction of sp³-hybridized carbons (Fsp3) is 0.440. The highest BCUT2D eigenvalue weighted by Crippen LogP contribution is 2.29. The summed E-state index contributed by atoms with van der Waals surface area (Å²) in [6.07, 6.45) is 2.71. The van der Waals surface area contributed by atoms with Gasteiger partial charge in [0.2, 0.25) is 5.95 Å². The van der Waals surface area contributed by atoms with Crippen LogP contribution < -0.4 is 10.2 Å². The van der Waals surface area contributed by atoms with Gasteiger partial charge >= 0.3 is 6.09 Å². The Hall–Kier alpha value is -3.09. The molecule has 4 rings (SSSR count). The van der Waals surface area contributed by atoms with Gasteiger partial charge in [-0.1, -0.05) is 24.3 Å². The number of hydrogen-bond acceptors (Lipinski definition) is 4. The first kappa shape index (κ1) is 22.1. The van der Waals surface area contributed by atoms with Crippen LogP contribution in [0.3, 0.4) is 0 Å². The first-order chi connectivity index (χ1) is 15.3. The largest absolute Gasteiger partial charge is 0.444 e. The van der Waals surface area contributed by atoms with E-state index in [2.05, 4.69) is 14.8 Å². The molecule has 1 N–H and O–H groups in total. The average Bonchev–Trinajstić information content (AvgIpc) is 3.09. The average molecular weight is 439 g/mol. The van der Waals surface area contributed by atoms with E-state index in [4.69, 9.17) is 9.72 Å². The summed E-state index contributed by atoms with van der Waals surface area (Å²) < 4.78 is 21.4. The van der Waals surface area contributed by atoms with Crippen LogP contribution in [0.5, 0.6) is 0 Å². The van der Waals surface area contributed by atoms with Crippen molar-refractivity contribution in [2.45, 2.75) is 58.2 Å². The molecule has 0 bridgehead atoms. The third kappa shape index (κ3) is 5.21. The second-order valence-corrected chi connectivity index (χ2v) is 9.34. The Labute approximate surface area is 188 Å². The molecule has 1 saturated heterocycles. The normalized spacial score (nSPS) is 16.9. The molecule has 0 saturated carbocycles. The number of benzene rings is 2. The topological polar surface area (TPSA) is 59.4 Å². The van der Waals surface area contributed by atoms with E-state index in [0.717, 1.165) is 48.4 Å². The van der Waals surface area contributed by atoms with Crippen LogP contribution >= 0.6 is 0 Å². The summed E-state index contributed by atoms with van der Waals surface area (Å²) in [4.78, 5) is 19.4. The fourth-order valence-electron chi connectivity index (χ4n) is 4.25. The molecule has 1 atom stereocenters. The first-order valence-corrected chi connectivity index (χ1v) is 11.2. The highest BCUT2D eigenvalue weighted by atomic mass is 19.1. The molecule has 32 heavy (non-hydrogen) atoms. The maximum atomic E-state index is 13.8. The predicted octanol–water partition coefficient (Wildman–Crippen LogP) is 5.11. The molecule has 1 aliphatic heterocycles. The summed E-state index contributed by atoms with van der Waals surface area (Å²) in [7, 11) is 0. The highest BCUT2D eigenvalue weighted by Gasteiger charge is 2.28. The smallest absolute Gasteiger partial charge is 0.407 e. The van der Waals surface area contributed by atoms with Gasteiger partial charge in [0.05, 0.1) is 17.6 Å². The Balaban J connectivity index is 1.62. The van der Waals surface area contributed by atoms with Crippen molar-refractivity contribution in [3.8, 4) is 0 Å². The van der Waals surface area contributed by atoms with Gasteiger partial charge in [-0.05, 0) is 69.9 Å². The van der Waals surface area contributed by atoms with Crippen molar-refractivity contribution in [3.63, 3.8) is 0 Å². The van der Waals surface area contributed by atoms with Crippen LogP contribution in [0.4, 0.5) is 15.1 Å². The monoisotopic (exact) mass is 438 g/mol. The van der Waals surface area contributed by atoms with Gasteiger partial charge in [-0.2, -0.15) is 0 Å². The number of carbonyl (C=O) groups excluding carboxylic acids is 1. The SMILES string of the molecule is CC(C)(C)OC(=O)NC[C@@H]1CCCCN1c1nc2ccccc2n1Cc1cccc(F)c1. The first-order valence-electron chi connectivity index (χ1n) is 11.2. The molecule has 0 spiro atoms. The zero-order valence-electron chi connectivity index (χ0n) is 19.0. The van der Waals surface area contributed by atoms with Gasteiger partial charge in [-0.25, -0.2) is 14.2 Å². The van der Waals surface area contributed by atoms with Gasteiger partial charge in [0.1, 0.15) is 11.4 Å². The van der Waals surface area contributed by atoms with Crippen molar-refractivity contribution in [2.75, 3.05) is 18.0 Å². The van der Waals surface area contributed by atoms with Crippen molar-refractivity contribution in [1.82, 2.24) is 14.9 Å². The molecule has 1 amide bonds. The number of amides is 1. The minimum Gasteiger partial charge on any atom is -0.444 e. The fourth-order valence-corrected chi connectivity index (χ4v) is 4.25. The maximum absolute atomic E-state index is 13.8. The van der Waals surface area contributed by atoms with Crippen LogP contribution in [0.25, 0.3) is 11.0 Å². The van der Waals surface area contributed by atoms with Crippen molar-refractivity contribution in [2.24, 2.45) is 0 Å². The quantitative estimate of drug-likeness (QED) is 0.602. The third-order valence-corrected chi connectivity index (χ3v) is 5.63. The van der Waals surface area contributed by atoms with Crippen LogP contribution in [-0.4, -0.2) is 40.4 Å². The van der Waals surface area contributed by atoms with Crippen molar-refractivity contribution in [1.29, 1.82) is 0 Å². The molecule has 1 fully saturated rings. The Bertz CT molecular complexity index is 1090. The zero-order valence-corrected chi connectivity index (χ0v) is 19.0. The number of piperidine rings is 1. The summed E-state index contributed by atoms with van der Waals surface area (Å²) in [5.41, 5.74) is 2.27. The lowest BCUT2D eigenvalue weighted by atomic mass is 10.0. The third-order valence-electron chi connectivity index (χ3n) is 5.63. The standard InChI is InChI=1S/C25H31FN4O2/c1-25(2,3)32-24(31)27-16-20-11-6-7-14-29(20)23-28-21-12-4-5-13-22(21)30(23)17-18-9-8-10-19(26)15-18/h4-5,8-10,12-13,15,20H,6-7,11,14,16-17H2,1-3H3,(H,27,31)/t20-/m0/s1. The summed E-state index contributed by atoms with van der Waals surface area (Å²) in [5.74, 6) is 0.608. The molecule has 2 aromatic carbocycles. The van der Waals surface area contributed by atoms with Gasteiger partial charge in [-0.15, -0.1) is 0 Å². The molecule has 1 aliphatic rings. The molecule has 2 heterocycles. The minimum absolute atomic E-state index is 0.111. The zero-order chi connectivity index (χ0) is 22.7. The number of imidazole rings is 1. The number of halogens is 1. The molecular weight excluding hydrogens is 407 g/mol. The Kier molecular flexibility index (Phi) is 6.35. The number of rotatable bonds is 5. The number of ether oxygens (including phenoxy) is 1. The molecule has 0 radical (unpaired) electrons. The molecular formula is C25H31FN4O2. The van der Waals surface area contributed by atoms with Gasteiger partial charge in [0, 0.05) is 19.1 Å². The molecule has 0 unspecified atom stereocenters.